The summed E-state index contributed by atoms with van der Waals surface area (Å²) in [6.07, 6.45) is 4.93. The summed E-state index contributed by atoms with van der Waals surface area (Å²) in [6.45, 7) is 13.7. The van der Waals surface area contributed by atoms with Gasteiger partial charge in [-0.15, -0.1) is 0 Å². The van der Waals surface area contributed by atoms with Gasteiger partial charge in [0.05, 0.1) is 0 Å². The molecule has 0 aliphatic heterocycles. The second-order valence-corrected chi connectivity index (χ2v) is 41.0. The number of hydrogen-bond acceptors (Lipinski definition) is 0. The first-order valence-corrected chi connectivity index (χ1v) is 26.7. The second-order valence-electron chi connectivity index (χ2n) is 9.60. The number of hydrogen-bond donors (Lipinski definition) is 0. The molecule has 0 saturated carbocycles. The summed E-state index contributed by atoms with van der Waals surface area (Å²) in [5.41, 5.74) is 15.2. The molecule has 3 aromatic carbocycles. The van der Waals surface area contributed by atoms with Gasteiger partial charge in [-0.05, 0) is 0 Å². The molecule has 0 heterocycles. The van der Waals surface area contributed by atoms with Crippen LogP contribution in [0.25, 0.3) is 12.2 Å². The molecule has 0 N–H and O–H groups in total. The predicted molar refractivity (Wildman–Crippen MR) is 142 cm³/mol. The summed E-state index contributed by atoms with van der Waals surface area (Å²) in [5, 5.41) is 0. The van der Waals surface area contributed by atoms with Crippen molar-refractivity contribution in [3.05, 3.63) is 142 Å². The average molecular weight is 610 g/mol. The van der Waals surface area contributed by atoms with Gasteiger partial charge in [0, 0.05) is 0 Å². The fraction of sp³-hybridized carbons (Fsp3) is 0.161. The molecular weight excluding hydrogens is 579 g/mol. The SMILES string of the molecule is C=C[SiH](C=C)[Hf]([CH2]c1cc[c]cc1)([CH]1C(C)=Cc2ccccc21)[CH]1C(C)=Cc2ccccc21. The first kappa shape index (κ1) is 22.5. The number of allylic oxidation sites excluding steroid dienone is 2. The summed E-state index contributed by atoms with van der Waals surface area (Å²) in [4.78, 5) is 0. The van der Waals surface area contributed by atoms with E-state index < -0.39 is 25.1 Å². The van der Waals surface area contributed by atoms with E-state index in [4.69, 9.17) is 0 Å². The third kappa shape index (κ3) is 3.68. The Morgan fingerprint density at radius 2 is 1.27 bits per heavy atom. The number of rotatable bonds is 7. The molecule has 33 heavy (non-hydrogen) atoms. The van der Waals surface area contributed by atoms with Crippen LogP contribution in [-0.4, -0.2) is 5.98 Å². The van der Waals surface area contributed by atoms with E-state index in [1.807, 2.05) is 0 Å². The van der Waals surface area contributed by atoms with Gasteiger partial charge < -0.3 is 0 Å². The van der Waals surface area contributed by atoms with Crippen molar-refractivity contribution in [1.29, 1.82) is 0 Å². The van der Waals surface area contributed by atoms with E-state index in [-0.39, 0.29) is 0 Å². The van der Waals surface area contributed by atoms with Crippen molar-refractivity contribution in [3.63, 3.8) is 0 Å². The van der Waals surface area contributed by atoms with Crippen molar-refractivity contribution in [2.24, 2.45) is 0 Å². The molecule has 0 bridgehead atoms. The molecule has 2 aliphatic carbocycles. The van der Waals surface area contributed by atoms with Gasteiger partial charge in [-0.25, -0.2) is 0 Å². The Hall–Kier alpha value is -2.29. The average Bonchev–Trinajstić information content (AvgIpc) is 3.35. The molecule has 163 valence electrons. The second kappa shape index (κ2) is 9.16. The summed E-state index contributed by atoms with van der Waals surface area (Å²) >= 11 is -3.46. The zero-order valence-electron chi connectivity index (χ0n) is 19.6. The molecule has 0 spiro atoms. The van der Waals surface area contributed by atoms with Gasteiger partial charge in [-0.2, -0.15) is 0 Å². The Labute approximate surface area is 204 Å². The van der Waals surface area contributed by atoms with E-state index in [0.717, 1.165) is 0 Å². The van der Waals surface area contributed by atoms with Crippen LogP contribution in [-0.2, 0) is 23.3 Å². The van der Waals surface area contributed by atoms with Crippen LogP contribution in [0.1, 0.15) is 49.0 Å². The minimum atomic E-state index is -3.46. The van der Waals surface area contributed by atoms with Crippen LogP contribution < -0.4 is 0 Å². The topological polar surface area (TPSA) is 0 Å². The number of fused-ring (bicyclic) bond motifs is 2. The van der Waals surface area contributed by atoms with Crippen LogP contribution in [0.4, 0.5) is 0 Å². The van der Waals surface area contributed by atoms with Gasteiger partial charge >= 0.3 is 205 Å². The van der Waals surface area contributed by atoms with Gasteiger partial charge in [0.1, 0.15) is 0 Å². The third-order valence-corrected chi connectivity index (χ3v) is 52.5. The van der Waals surface area contributed by atoms with Crippen LogP contribution in [0.5, 0.6) is 0 Å². The maximum atomic E-state index is 4.45. The molecule has 2 heteroatoms. The van der Waals surface area contributed by atoms with Crippen LogP contribution >= 0.6 is 0 Å². The van der Waals surface area contributed by atoms with E-state index in [9.17, 15) is 0 Å². The van der Waals surface area contributed by atoms with Crippen LogP contribution in [0.15, 0.2) is 108 Å². The van der Waals surface area contributed by atoms with Gasteiger partial charge in [0.25, 0.3) is 0 Å². The van der Waals surface area contributed by atoms with Gasteiger partial charge in [-0.1, -0.05) is 0 Å². The standard InChI is InChI=1S/2C10H9.C7H6.C4H7Si.Hf/c2*1-8-6-9-4-2-3-5-10(9)7-8;1-7-5-3-2-4-6-7;1-3-5-4-2;/h2*2-7H,1H3;3-6H,1H2;3-5H,1-2H2;. The van der Waals surface area contributed by atoms with Gasteiger partial charge in [-0.3, -0.25) is 0 Å². The molecule has 3 aromatic rings. The fourth-order valence-corrected chi connectivity index (χ4v) is 57.0. The summed E-state index contributed by atoms with van der Waals surface area (Å²) < 4.78 is 2.31. The van der Waals surface area contributed by atoms with Crippen molar-refractivity contribution in [3.8, 4) is 0 Å². The quantitative estimate of drug-likeness (QED) is 0.242. The van der Waals surface area contributed by atoms with Crippen molar-refractivity contribution < 1.29 is 19.1 Å². The van der Waals surface area contributed by atoms with E-state index in [1.165, 1.54) is 20.9 Å². The third-order valence-electron chi connectivity index (χ3n) is 7.79. The van der Waals surface area contributed by atoms with E-state index in [1.54, 1.807) is 22.3 Å². The van der Waals surface area contributed by atoms with Crippen molar-refractivity contribution in [1.82, 2.24) is 0 Å². The molecule has 2 unspecified atom stereocenters. The summed E-state index contributed by atoms with van der Waals surface area (Å²) in [5.74, 6) is -1.46. The van der Waals surface area contributed by atoms with E-state index in [2.05, 4.69) is 129 Å². The van der Waals surface area contributed by atoms with Crippen molar-refractivity contribution in [2.75, 3.05) is 0 Å². The predicted octanol–water partition coefficient (Wildman–Crippen LogP) is 7.63. The first-order chi connectivity index (χ1) is 16.1. The van der Waals surface area contributed by atoms with Gasteiger partial charge in [0.15, 0.2) is 0 Å². The molecule has 5 rings (SSSR count). The Morgan fingerprint density at radius 3 is 1.76 bits per heavy atom. The van der Waals surface area contributed by atoms with Crippen molar-refractivity contribution >= 4 is 18.1 Å². The molecule has 0 saturated heterocycles. The molecule has 2 aliphatic rings. The molecule has 0 amide bonds. The molecule has 1 radical (unpaired) electrons. The molecular formula is C31H31HfSi. The Kier molecular flexibility index (Phi) is 6.24. The van der Waals surface area contributed by atoms with E-state index >= 15 is 0 Å². The Balaban J connectivity index is 1.83. The summed E-state index contributed by atoms with van der Waals surface area (Å²) in [6, 6.07) is 30.2. The Morgan fingerprint density at radius 1 is 0.788 bits per heavy atom. The maximum absolute atomic E-state index is 4.45. The molecule has 0 aromatic heterocycles. The van der Waals surface area contributed by atoms with Crippen LogP contribution in [0.3, 0.4) is 0 Å². The molecule has 0 fully saturated rings. The molecule has 0 nitrogen and oxygen atoms in total. The summed E-state index contributed by atoms with van der Waals surface area (Å²) in [7, 11) is 0. The van der Waals surface area contributed by atoms with Crippen LogP contribution in [0, 0.1) is 6.07 Å². The van der Waals surface area contributed by atoms with Crippen LogP contribution in [0.2, 0.25) is 0 Å². The van der Waals surface area contributed by atoms with Crippen molar-refractivity contribution in [2.45, 2.75) is 25.4 Å². The first-order valence-electron chi connectivity index (χ1n) is 11.8. The fourth-order valence-electron chi connectivity index (χ4n) is 6.69. The zero-order valence-corrected chi connectivity index (χ0v) is 24.3. The zero-order chi connectivity index (χ0) is 23.0. The minimum absolute atomic E-state index is 0.546. The normalized spacial score (nSPS) is 20.5. The number of benzene rings is 3. The monoisotopic (exact) mass is 611 g/mol. The van der Waals surface area contributed by atoms with Gasteiger partial charge in [0.2, 0.25) is 0 Å². The van der Waals surface area contributed by atoms with E-state index in [0.29, 0.717) is 7.35 Å². The Bertz CT molecular complexity index is 1190. The molecule has 2 atom stereocenters.